The maximum atomic E-state index is 9.95. The van der Waals surface area contributed by atoms with Crippen molar-refractivity contribution in [2.24, 2.45) is 5.11 Å². The van der Waals surface area contributed by atoms with Crippen LogP contribution in [0.5, 0.6) is 0 Å². The summed E-state index contributed by atoms with van der Waals surface area (Å²) in [5.74, 6) is 0. The SMILES string of the molecule is CO[C@H]1O[C@H](CO[C@@H]2O[C@@H]3COC(c4ccccc4)O[C@H]3[C@H](OCc3ccccc3)[C@@H]2N=[N+]=[N-])[C@@H](OCc2ccccc2)[C@H](OCc2ccccc2)[C@H]1OCc1ccccc1. The summed E-state index contributed by atoms with van der Waals surface area (Å²) in [6.45, 7) is 1.19. The monoisotopic (exact) mass is 829 g/mol. The van der Waals surface area contributed by atoms with E-state index in [1.54, 1.807) is 7.11 Å². The van der Waals surface area contributed by atoms with E-state index in [-0.39, 0.29) is 33.0 Å². The lowest BCUT2D eigenvalue weighted by atomic mass is 9.95. The van der Waals surface area contributed by atoms with E-state index in [1.165, 1.54) is 0 Å². The van der Waals surface area contributed by atoms with Gasteiger partial charge in [0.25, 0.3) is 0 Å². The lowest BCUT2D eigenvalue weighted by Crippen LogP contribution is -2.64. The molecule has 11 atom stereocenters. The Bertz CT molecular complexity index is 2080. The Morgan fingerprint density at radius 1 is 0.541 bits per heavy atom. The van der Waals surface area contributed by atoms with Crippen molar-refractivity contribution in [1.29, 1.82) is 0 Å². The lowest BCUT2D eigenvalue weighted by molar-refractivity contribution is -0.358. The minimum absolute atomic E-state index is 0.0603. The van der Waals surface area contributed by atoms with Crippen molar-refractivity contribution in [2.45, 2.75) is 94.1 Å². The molecule has 13 nitrogen and oxygen atoms in total. The highest BCUT2D eigenvalue weighted by Gasteiger charge is 2.53. The van der Waals surface area contributed by atoms with Crippen molar-refractivity contribution in [3.8, 4) is 0 Å². The maximum Gasteiger partial charge on any atom is 0.186 e. The van der Waals surface area contributed by atoms with E-state index in [0.717, 1.165) is 27.8 Å². The number of methoxy groups -OCH3 is 1. The second kappa shape index (κ2) is 21.7. The van der Waals surface area contributed by atoms with Crippen LogP contribution in [0.2, 0.25) is 0 Å². The zero-order valence-corrected chi connectivity index (χ0v) is 34.0. The highest BCUT2D eigenvalue weighted by molar-refractivity contribution is 5.19. The number of benzene rings is 5. The van der Waals surface area contributed by atoms with Crippen molar-refractivity contribution in [2.75, 3.05) is 20.3 Å². The zero-order chi connectivity index (χ0) is 41.6. The molecule has 0 N–H and O–H groups in total. The first-order chi connectivity index (χ1) is 30.2. The second-order valence-corrected chi connectivity index (χ2v) is 15.1. The van der Waals surface area contributed by atoms with Crippen LogP contribution in [0.25, 0.3) is 10.4 Å². The van der Waals surface area contributed by atoms with Crippen LogP contribution < -0.4 is 0 Å². The number of nitrogens with zero attached hydrogens (tertiary/aromatic N) is 3. The Morgan fingerprint density at radius 2 is 1.02 bits per heavy atom. The van der Waals surface area contributed by atoms with Gasteiger partial charge in [-0.1, -0.05) is 157 Å². The molecular weight excluding hydrogens is 779 g/mol. The maximum absolute atomic E-state index is 9.95. The summed E-state index contributed by atoms with van der Waals surface area (Å²) in [4.78, 5) is 3.23. The first kappa shape index (κ1) is 42.7. The predicted octanol–water partition coefficient (Wildman–Crippen LogP) is 8.23. The van der Waals surface area contributed by atoms with Gasteiger partial charge >= 0.3 is 0 Å². The van der Waals surface area contributed by atoms with Gasteiger partial charge in [-0.2, -0.15) is 0 Å². The van der Waals surface area contributed by atoms with Crippen LogP contribution in [0.3, 0.4) is 0 Å². The molecule has 0 amide bonds. The molecule has 5 aromatic rings. The number of rotatable bonds is 18. The second-order valence-electron chi connectivity index (χ2n) is 15.1. The topological polar surface area (TPSA) is 141 Å². The van der Waals surface area contributed by atoms with E-state index < -0.39 is 67.6 Å². The Kier molecular flexibility index (Phi) is 15.2. The van der Waals surface area contributed by atoms with Crippen LogP contribution >= 0.6 is 0 Å². The van der Waals surface area contributed by atoms with Crippen molar-refractivity contribution in [3.05, 3.63) is 190 Å². The molecule has 3 fully saturated rings. The molecule has 0 aromatic heterocycles. The fraction of sp³-hybridized carbons (Fsp3) is 0.375. The number of hydrogen-bond donors (Lipinski definition) is 0. The normalized spacial score (nSPS) is 28.6. The average Bonchev–Trinajstić information content (AvgIpc) is 3.32. The minimum Gasteiger partial charge on any atom is -0.370 e. The molecule has 0 saturated carbocycles. The van der Waals surface area contributed by atoms with E-state index >= 15 is 0 Å². The van der Waals surface area contributed by atoms with Crippen LogP contribution in [0, 0.1) is 0 Å². The largest absolute Gasteiger partial charge is 0.370 e. The fourth-order valence-electron chi connectivity index (χ4n) is 7.88. The van der Waals surface area contributed by atoms with Crippen LogP contribution in [0.1, 0.15) is 34.1 Å². The van der Waals surface area contributed by atoms with Crippen molar-refractivity contribution in [1.82, 2.24) is 0 Å². The van der Waals surface area contributed by atoms with Gasteiger partial charge < -0.3 is 47.4 Å². The molecule has 3 heterocycles. The van der Waals surface area contributed by atoms with Gasteiger partial charge in [0, 0.05) is 17.6 Å². The zero-order valence-electron chi connectivity index (χ0n) is 34.0. The first-order valence-electron chi connectivity index (χ1n) is 20.6. The van der Waals surface area contributed by atoms with E-state index in [1.807, 2.05) is 152 Å². The van der Waals surface area contributed by atoms with Gasteiger partial charge in [0.1, 0.15) is 48.8 Å². The van der Waals surface area contributed by atoms with Crippen LogP contribution in [0.4, 0.5) is 0 Å². The van der Waals surface area contributed by atoms with Crippen LogP contribution in [0.15, 0.2) is 157 Å². The standard InChI is InChI=1S/C48H51N3O10/c1-52-48-45(56-30-36-23-13-5-14-24-36)44(55-29-35-21-11-4-12-22-35)41(53-27-33-17-7-2-8-18-33)38(60-48)31-58-47-40(50-51-49)43(54-28-34-19-9-3-10-20-34)42-39(59-47)32-57-46(61-42)37-25-15-6-16-26-37/h2-26,38-48H,27-32H2,1H3/t38-,39-,40+,41-,42-,43-,44+,45-,46?,47-,48+/m1/s1. The fourth-order valence-corrected chi connectivity index (χ4v) is 7.88. The third-order valence-electron chi connectivity index (χ3n) is 11.0. The number of hydrogen-bond acceptors (Lipinski definition) is 11. The predicted molar refractivity (Wildman–Crippen MR) is 223 cm³/mol. The van der Waals surface area contributed by atoms with Gasteiger partial charge in [-0.3, -0.25) is 0 Å². The molecule has 0 spiro atoms. The molecule has 0 bridgehead atoms. The number of fused-ring (bicyclic) bond motifs is 1. The molecule has 13 heteroatoms. The molecule has 8 rings (SSSR count). The highest BCUT2D eigenvalue weighted by atomic mass is 16.8. The summed E-state index contributed by atoms with van der Waals surface area (Å²) >= 11 is 0. The smallest absolute Gasteiger partial charge is 0.186 e. The Hall–Kier alpha value is -4.99. The van der Waals surface area contributed by atoms with Crippen LogP contribution in [-0.4, -0.2) is 81.7 Å². The lowest BCUT2D eigenvalue weighted by Gasteiger charge is -2.49. The summed E-state index contributed by atoms with van der Waals surface area (Å²) in [7, 11) is 1.57. The molecule has 3 saturated heterocycles. The molecule has 5 aromatic carbocycles. The van der Waals surface area contributed by atoms with Gasteiger partial charge in [0.2, 0.25) is 0 Å². The third kappa shape index (κ3) is 11.1. The van der Waals surface area contributed by atoms with E-state index in [0.29, 0.717) is 6.61 Å². The highest BCUT2D eigenvalue weighted by Crippen LogP contribution is 2.38. The van der Waals surface area contributed by atoms with Crippen LogP contribution in [-0.2, 0) is 73.8 Å². The van der Waals surface area contributed by atoms with E-state index in [4.69, 9.17) is 47.4 Å². The van der Waals surface area contributed by atoms with Crippen molar-refractivity contribution in [3.63, 3.8) is 0 Å². The molecule has 0 aliphatic carbocycles. The third-order valence-corrected chi connectivity index (χ3v) is 11.0. The first-order valence-corrected chi connectivity index (χ1v) is 20.6. The van der Waals surface area contributed by atoms with Crippen molar-refractivity contribution >= 4 is 0 Å². The summed E-state index contributed by atoms with van der Waals surface area (Å²) in [6.07, 6.45) is -7.50. The Morgan fingerprint density at radius 3 is 1.52 bits per heavy atom. The van der Waals surface area contributed by atoms with Crippen molar-refractivity contribution < 1.29 is 47.4 Å². The summed E-state index contributed by atoms with van der Waals surface area (Å²) in [6, 6.07) is 48.2. The number of azide groups is 1. The molecule has 3 aliphatic heterocycles. The van der Waals surface area contributed by atoms with Gasteiger partial charge in [-0.15, -0.1) is 0 Å². The minimum atomic E-state index is -1.08. The van der Waals surface area contributed by atoms with Gasteiger partial charge in [0.15, 0.2) is 18.9 Å². The quantitative estimate of drug-likeness (QED) is 0.0482. The Labute approximate surface area is 355 Å². The molecule has 0 radical (unpaired) electrons. The van der Waals surface area contributed by atoms with Gasteiger partial charge in [0.05, 0.1) is 39.6 Å². The summed E-state index contributed by atoms with van der Waals surface area (Å²) in [5, 5.41) is 4.22. The van der Waals surface area contributed by atoms with Gasteiger partial charge in [-0.25, -0.2) is 0 Å². The summed E-state index contributed by atoms with van der Waals surface area (Å²) < 4.78 is 65.4. The van der Waals surface area contributed by atoms with Gasteiger partial charge in [-0.05, 0) is 27.8 Å². The molecule has 1 unspecified atom stereocenters. The Balaban J connectivity index is 1.07. The molecular formula is C48H51N3O10. The molecule has 3 aliphatic rings. The number of ether oxygens (including phenoxy) is 10. The van der Waals surface area contributed by atoms with E-state index in [2.05, 4.69) is 10.0 Å². The molecule has 61 heavy (non-hydrogen) atoms. The molecule has 318 valence electrons. The average molecular weight is 830 g/mol. The summed E-state index contributed by atoms with van der Waals surface area (Å²) in [5.41, 5.74) is 14.7. The van der Waals surface area contributed by atoms with E-state index in [9.17, 15) is 5.53 Å².